The third-order valence-corrected chi connectivity index (χ3v) is 5.89. The summed E-state index contributed by atoms with van der Waals surface area (Å²) >= 11 is 1.42. The average Bonchev–Trinajstić information content (AvgIpc) is 3.16. The number of thioether (sulfide) groups is 1. The van der Waals surface area contributed by atoms with E-state index in [0.29, 0.717) is 11.8 Å². The van der Waals surface area contributed by atoms with E-state index in [-0.39, 0.29) is 11.9 Å². The van der Waals surface area contributed by atoms with Gasteiger partial charge in [0.05, 0.1) is 12.6 Å². The molecule has 1 amide bonds. The molecule has 1 aliphatic heterocycles. The molecule has 3 aromatic rings. The zero-order valence-corrected chi connectivity index (χ0v) is 17.1. The number of aromatic nitrogens is 3. The first-order valence-corrected chi connectivity index (χ1v) is 10.5. The van der Waals surface area contributed by atoms with Crippen LogP contribution in [0, 0.1) is 0 Å². The highest BCUT2D eigenvalue weighted by atomic mass is 32.2. The molecule has 0 saturated heterocycles. The van der Waals surface area contributed by atoms with Crippen LogP contribution in [0.4, 0.5) is 5.69 Å². The molecular formula is C21H23N5O2S. The molecule has 29 heavy (non-hydrogen) atoms. The van der Waals surface area contributed by atoms with Crippen molar-refractivity contribution < 1.29 is 9.53 Å². The van der Waals surface area contributed by atoms with Gasteiger partial charge in [0.15, 0.2) is 5.82 Å². The van der Waals surface area contributed by atoms with Crippen LogP contribution in [0.15, 0.2) is 59.8 Å². The van der Waals surface area contributed by atoms with E-state index < -0.39 is 5.25 Å². The number of hydrogen-bond donors (Lipinski definition) is 2. The van der Waals surface area contributed by atoms with Gasteiger partial charge in [0.2, 0.25) is 11.1 Å². The molecule has 0 aliphatic carbocycles. The summed E-state index contributed by atoms with van der Waals surface area (Å²) in [7, 11) is 0. The van der Waals surface area contributed by atoms with E-state index in [0.717, 1.165) is 29.2 Å². The fraction of sp³-hybridized carbons (Fsp3) is 0.286. The summed E-state index contributed by atoms with van der Waals surface area (Å²) in [4.78, 5) is 13.2. The van der Waals surface area contributed by atoms with E-state index in [1.165, 1.54) is 11.8 Å². The number of nitrogens with one attached hydrogen (secondary N) is 2. The van der Waals surface area contributed by atoms with Crippen LogP contribution in [0.5, 0.6) is 5.75 Å². The molecule has 1 aromatic heterocycles. The van der Waals surface area contributed by atoms with E-state index in [9.17, 15) is 4.79 Å². The summed E-state index contributed by atoms with van der Waals surface area (Å²) in [5, 5.41) is 11.8. The number of ether oxygens (including phenoxy) is 1. The molecule has 8 heteroatoms. The Morgan fingerprint density at radius 2 is 1.90 bits per heavy atom. The van der Waals surface area contributed by atoms with Crippen molar-refractivity contribution in [3.8, 4) is 5.75 Å². The second-order valence-electron chi connectivity index (χ2n) is 6.59. The number of aryl methyl sites for hydroxylation is 1. The van der Waals surface area contributed by atoms with Crippen molar-refractivity contribution in [1.29, 1.82) is 0 Å². The maximum atomic E-state index is 13.2. The number of carbonyl (C=O) groups excluding carboxylic acids is 1. The highest BCUT2D eigenvalue weighted by Gasteiger charge is 2.37. The number of hydrogen-bond acceptors (Lipinski definition) is 6. The van der Waals surface area contributed by atoms with Crippen LogP contribution in [-0.2, 0) is 11.2 Å². The summed E-state index contributed by atoms with van der Waals surface area (Å²) < 4.78 is 7.44. The fourth-order valence-corrected chi connectivity index (χ4v) is 4.35. The van der Waals surface area contributed by atoms with Crippen LogP contribution < -0.4 is 15.5 Å². The zero-order chi connectivity index (χ0) is 20.2. The van der Waals surface area contributed by atoms with Crippen LogP contribution in [0.25, 0.3) is 0 Å². The SMILES string of the molecule is CCOc1ccc([C@H]2Nn3c(CC)nnc3S[C@H]2C(=O)Nc2ccccc2)cc1. The second-order valence-corrected chi connectivity index (χ2v) is 7.70. The number of benzene rings is 2. The van der Waals surface area contributed by atoms with E-state index in [4.69, 9.17) is 4.74 Å². The van der Waals surface area contributed by atoms with Crippen LogP contribution in [-0.4, -0.2) is 32.6 Å². The molecule has 4 rings (SSSR count). The average molecular weight is 410 g/mol. The minimum atomic E-state index is -0.408. The fourth-order valence-electron chi connectivity index (χ4n) is 3.25. The molecule has 7 nitrogen and oxygen atoms in total. The predicted octanol–water partition coefficient (Wildman–Crippen LogP) is 3.64. The number of fused-ring (bicyclic) bond motifs is 1. The summed E-state index contributed by atoms with van der Waals surface area (Å²) in [5.41, 5.74) is 5.21. The number of anilines is 1. The normalized spacial score (nSPS) is 17.9. The minimum Gasteiger partial charge on any atom is -0.494 e. The largest absolute Gasteiger partial charge is 0.494 e. The molecule has 0 spiro atoms. The monoisotopic (exact) mass is 409 g/mol. The van der Waals surface area contributed by atoms with Gasteiger partial charge in [0.25, 0.3) is 0 Å². The highest BCUT2D eigenvalue weighted by molar-refractivity contribution is 8.00. The van der Waals surface area contributed by atoms with Crippen molar-refractivity contribution in [3.63, 3.8) is 0 Å². The van der Waals surface area contributed by atoms with Crippen LogP contribution >= 0.6 is 11.8 Å². The Morgan fingerprint density at radius 1 is 1.14 bits per heavy atom. The van der Waals surface area contributed by atoms with Crippen molar-refractivity contribution in [3.05, 3.63) is 66.0 Å². The minimum absolute atomic E-state index is 0.0834. The first kappa shape index (κ1) is 19.3. The number of para-hydroxylation sites is 1. The van der Waals surface area contributed by atoms with Crippen molar-refractivity contribution in [1.82, 2.24) is 14.9 Å². The van der Waals surface area contributed by atoms with Crippen molar-refractivity contribution in [2.45, 2.75) is 36.7 Å². The number of carbonyl (C=O) groups is 1. The Balaban J connectivity index is 1.65. The van der Waals surface area contributed by atoms with Gasteiger partial charge in [-0.05, 0) is 36.8 Å². The molecule has 0 unspecified atom stereocenters. The lowest BCUT2D eigenvalue weighted by Gasteiger charge is -2.33. The summed E-state index contributed by atoms with van der Waals surface area (Å²) in [6, 6.07) is 17.1. The number of amides is 1. The van der Waals surface area contributed by atoms with Crippen molar-refractivity contribution in [2.24, 2.45) is 0 Å². The Hall–Kier alpha value is -3.00. The third kappa shape index (κ3) is 4.07. The second kappa shape index (κ2) is 8.57. The zero-order valence-electron chi connectivity index (χ0n) is 16.3. The molecule has 0 bridgehead atoms. The third-order valence-electron chi connectivity index (χ3n) is 4.67. The lowest BCUT2D eigenvalue weighted by molar-refractivity contribution is -0.116. The Labute approximate surface area is 173 Å². The first-order valence-electron chi connectivity index (χ1n) is 9.65. The Kier molecular flexibility index (Phi) is 5.71. The molecular weight excluding hydrogens is 386 g/mol. The quantitative estimate of drug-likeness (QED) is 0.647. The topological polar surface area (TPSA) is 81.1 Å². The molecule has 2 heterocycles. The Morgan fingerprint density at radius 3 is 2.59 bits per heavy atom. The smallest absolute Gasteiger partial charge is 0.240 e. The van der Waals surface area contributed by atoms with Crippen LogP contribution in [0.1, 0.15) is 31.3 Å². The molecule has 1 aliphatic rings. The molecule has 2 N–H and O–H groups in total. The summed E-state index contributed by atoms with van der Waals surface area (Å²) in [6.07, 6.45) is 0.747. The van der Waals surface area contributed by atoms with Gasteiger partial charge < -0.3 is 15.5 Å². The summed E-state index contributed by atoms with van der Waals surface area (Å²) in [6.45, 7) is 4.60. The first-order chi connectivity index (χ1) is 14.2. The van der Waals surface area contributed by atoms with E-state index in [1.807, 2.05) is 73.1 Å². The van der Waals surface area contributed by atoms with Crippen molar-refractivity contribution in [2.75, 3.05) is 17.3 Å². The van der Waals surface area contributed by atoms with Gasteiger partial charge in [-0.3, -0.25) is 4.79 Å². The van der Waals surface area contributed by atoms with E-state index >= 15 is 0 Å². The lowest BCUT2D eigenvalue weighted by Crippen LogP contribution is -2.41. The van der Waals surface area contributed by atoms with Crippen LogP contribution in [0.3, 0.4) is 0 Å². The molecule has 0 radical (unpaired) electrons. The predicted molar refractivity (Wildman–Crippen MR) is 114 cm³/mol. The van der Waals surface area contributed by atoms with Gasteiger partial charge in [0, 0.05) is 12.1 Å². The highest BCUT2D eigenvalue weighted by Crippen LogP contribution is 2.38. The molecule has 2 atom stereocenters. The lowest BCUT2D eigenvalue weighted by atomic mass is 10.0. The van der Waals surface area contributed by atoms with Gasteiger partial charge in [-0.2, -0.15) is 0 Å². The number of nitrogens with zero attached hydrogens (tertiary/aromatic N) is 3. The summed E-state index contributed by atoms with van der Waals surface area (Å²) in [5.74, 6) is 1.56. The molecule has 0 fully saturated rings. The van der Waals surface area contributed by atoms with Gasteiger partial charge in [-0.15, -0.1) is 10.2 Å². The van der Waals surface area contributed by atoms with Crippen molar-refractivity contribution >= 4 is 23.4 Å². The molecule has 0 saturated carbocycles. The van der Waals surface area contributed by atoms with Gasteiger partial charge in [-0.25, -0.2) is 4.68 Å². The van der Waals surface area contributed by atoms with Gasteiger partial charge in [0.1, 0.15) is 11.0 Å². The molecule has 2 aromatic carbocycles. The maximum Gasteiger partial charge on any atom is 0.240 e. The molecule has 150 valence electrons. The van der Waals surface area contributed by atoms with Crippen LogP contribution in [0.2, 0.25) is 0 Å². The van der Waals surface area contributed by atoms with Gasteiger partial charge in [-0.1, -0.05) is 49.0 Å². The van der Waals surface area contributed by atoms with E-state index in [2.05, 4.69) is 20.9 Å². The van der Waals surface area contributed by atoms with Gasteiger partial charge >= 0.3 is 0 Å². The standard InChI is InChI=1S/C21H23N5O2S/c1-3-17-23-24-21-26(17)25-18(14-10-12-16(13-11-14)28-4-2)19(29-21)20(27)22-15-8-6-5-7-9-15/h5-13,18-19,25H,3-4H2,1-2H3,(H,22,27)/t18-,19-/m1/s1. The van der Waals surface area contributed by atoms with E-state index in [1.54, 1.807) is 0 Å². The number of rotatable bonds is 6. The maximum absolute atomic E-state index is 13.2. The Bertz CT molecular complexity index is 974.